The van der Waals surface area contributed by atoms with Gasteiger partial charge in [-0.05, 0) is 18.2 Å². The zero-order valence-corrected chi connectivity index (χ0v) is 9.38. The Bertz CT molecular complexity index is 393. The van der Waals surface area contributed by atoms with E-state index in [-0.39, 0.29) is 30.3 Å². The summed E-state index contributed by atoms with van der Waals surface area (Å²) >= 11 is 0. The predicted octanol–water partition coefficient (Wildman–Crippen LogP) is -0.165. The number of benzene rings is 1. The van der Waals surface area contributed by atoms with Gasteiger partial charge in [-0.3, -0.25) is 4.79 Å². The molecule has 0 bridgehead atoms. The molecule has 1 aromatic rings. The maximum Gasteiger partial charge on any atom is 0.251 e. The lowest BCUT2D eigenvalue weighted by Gasteiger charge is -2.15. The molecule has 0 saturated carbocycles. The molecule has 0 spiro atoms. The molecule has 0 heterocycles. The Morgan fingerprint density at radius 2 is 2.12 bits per heavy atom. The largest absolute Gasteiger partial charge is 0.504 e. The molecule has 1 amide bonds. The number of aliphatic hydroxyl groups is 1. The summed E-state index contributed by atoms with van der Waals surface area (Å²) in [5.41, 5.74) is 0.190. The first kappa shape index (κ1) is 13.3. The lowest BCUT2D eigenvalue weighted by Crippen LogP contribution is -2.40. The van der Waals surface area contributed by atoms with E-state index in [2.05, 4.69) is 5.32 Å². The summed E-state index contributed by atoms with van der Waals surface area (Å²) < 4.78 is 4.81. The van der Waals surface area contributed by atoms with Gasteiger partial charge in [-0.1, -0.05) is 0 Å². The van der Waals surface area contributed by atoms with Crippen molar-refractivity contribution in [3.8, 4) is 11.5 Å². The van der Waals surface area contributed by atoms with Gasteiger partial charge < -0.3 is 25.4 Å². The molecule has 1 aromatic carbocycles. The highest BCUT2D eigenvalue weighted by Gasteiger charge is 2.14. The van der Waals surface area contributed by atoms with Crippen LogP contribution in [0.3, 0.4) is 0 Å². The molecule has 1 atom stereocenters. The fourth-order valence-corrected chi connectivity index (χ4v) is 1.27. The van der Waals surface area contributed by atoms with Crippen LogP contribution < -0.4 is 5.32 Å². The Morgan fingerprint density at radius 3 is 2.65 bits per heavy atom. The number of aliphatic hydroxyl groups excluding tert-OH is 1. The maximum atomic E-state index is 11.7. The molecule has 0 aliphatic rings. The van der Waals surface area contributed by atoms with Gasteiger partial charge in [0.25, 0.3) is 5.91 Å². The van der Waals surface area contributed by atoms with Gasteiger partial charge in [-0.25, -0.2) is 0 Å². The Balaban J connectivity index is 2.72. The second kappa shape index (κ2) is 6.07. The van der Waals surface area contributed by atoms with E-state index in [9.17, 15) is 9.90 Å². The Kier molecular flexibility index (Phi) is 4.74. The third kappa shape index (κ3) is 3.61. The van der Waals surface area contributed by atoms with Crippen molar-refractivity contribution in [2.24, 2.45) is 0 Å². The molecule has 0 aliphatic carbocycles. The number of nitrogens with one attached hydrogen (secondary N) is 1. The molecule has 17 heavy (non-hydrogen) atoms. The minimum atomic E-state index is -0.511. The van der Waals surface area contributed by atoms with Crippen LogP contribution in [0.15, 0.2) is 18.2 Å². The van der Waals surface area contributed by atoms with Crippen LogP contribution in [0.2, 0.25) is 0 Å². The van der Waals surface area contributed by atoms with Crippen LogP contribution in [0.25, 0.3) is 0 Å². The van der Waals surface area contributed by atoms with E-state index in [0.29, 0.717) is 0 Å². The Labute approximate surface area is 98.5 Å². The van der Waals surface area contributed by atoms with Gasteiger partial charge in [-0.15, -0.1) is 0 Å². The quantitative estimate of drug-likeness (QED) is 0.537. The minimum Gasteiger partial charge on any atom is -0.504 e. The number of carbonyl (C=O) groups excluding carboxylic acids is 1. The summed E-state index contributed by atoms with van der Waals surface area (Å²) in [7, 11) is 1.46. The summed E-state index contributed by atoms with van der Waals surface area (Å²) in [4.78, 5) is 11.7. The van der Waals surface area contributed by atoms with Crippen molar-refractivity contribution in [1.82, 2.24) is 5.32 Å². The van der Waals surface area contributed by atoms with E-state index in [1.54, 1.807) is 0 Å². The van der Waals surface area contributed by atoms with Crippen LogP contribution in [0.4, 0.5) is 0 Å². The highest BCUT2D eigenvalue weighted by atomic mass is 16.5. The molecule has 0 aliphatic heterocycles. The minimum absolute atomic E-state index is 0.187. The molecule has 1 rings (SSSR count). The number of hydrogen-bond donors (Lipinski definition) is 4. The van der Waals surface area contributed by atoms with Crippen molar-refractivity contribution >= 4 is 5.91 Å². The highest BCUT2D eigenvalue weighted by molar-refractivity contribution is 5.95. The van der Waals surface area contributed by atoms with Crippen molar-refractivity contribution in [2.45, 2.75) is 6.04 Å². The molecule has 6 nitrogen and oxygen atoms in total. The van der Waals surface area contributed by atoms with Gasteiger partial charge in [0.05, 0.1) is 19.3 Å². The SMILES string of the molecule is COCC(CO)NC(=O)c1ccc(O)c(O)c1. The Hall–Kier alpha value is -1.79. The lowest BCUT2D eigenvalue weighted by atomic mass is 10.1. The van der Waals surface area contributed by atoms with Crippen LogP contribution in [0, 0.1) is 0 Å². The monoisotopic (exact) mass is 241 g/mol. The highest BCUT2D eigenvalue weighted by Crippen LogP contribution is 2.24. The molecule has 0 saturated heterocycles. The fraction of sp³-hybridized carbons (Fsp3) is 0.364. The van der Waals surface area contributed by atoms with Gasteiger partial charge in [-0.2, -0.15) is 0 Å². The second-order valence-corrected chi connectivity index (χ2v) is 3.51. The molecular formula is C11H15NO5. The third-order valence-electron chi connectivity index (χ3n) is 2.16. The zero-order valence-electron chi connectivity index (χ0n) is 9.38. The first-order valence-electron chi connectivity index (χ1n) is 5.01. The van der Waals surface area contributed by atoms with E-state index in [4.69, 9.17) is 14.9 Å². The van der Waals surface area contributed by atoms with Gasteiger partial charge >= 0.3 is 0 Å². The van der Waals surface area contributed by atoms with Crippen molar-refractivity contribution in [2.75, 3.05) is 20.3 Å². The number of phenols is 2. The lowest BCUT2D eigenvalue weighted by molar-refractivity contribution is 0.0839. The zero-order chi connectivity index (χ0) is 12.8. The maximum absolute atomic E-state index is 11.7. The van der Waals surface area contributed by atoms with Crippen molar-refractivity contribution in [3.63, 3.8) is 0 Å². The van der Waals surface area contributed by atoms with Gasteiger partial charge in [0.15, 0.2) is 11.5 Å². The summed E-state index contributed by atoms with van der Waals surface area (Å²) in [5.74, 6) is -1.13. The normalized spacial score (nSPS) is 12.1. The summed E-state index contributed by atoms with van der Waals surface area (Å²) in [6.07, 6.45) is 0. The molecule has 6 heteroatoms. The van der Waals surface area contributed by atoms with Crippen LogP contribution in [0.5, 0.6) is 11.5 Å². The molecule has 0 radical (unpaired) electrons. The smallest absolute Gasteiger partial charge is 0.251 e. The number of ether oxygens (including phenoxy) is 1. The predicted molar refractivity (Wildman–Crippen MR) is 60.0 cm³/mol. The number of aromatic hydroxyl groups is 2. The van der Waals surface area contributed by atoms with E-state index in [1.807, 2.05) is 0 Å². The average Bonchev–Trinajstić information content (AvgIpc) is 2.31. The van der Waals surface area contributed by atoms with Crippen molar-refractivity contribution < 1.29 is 24.9 Å². The van der Waals surface area contributed by atoms with Gasteiger partial charge in [0.1, 0.15) is 0 Å². The number of hydrogen-bond acceptors (Lipinski definition) is 5. The van der Waals surface area contributed by atoms with E-state index < -0.39 is 11.9 Å². The van der Waals surface area contributed by atoms with Crippen LogP contribution in [0.1, 0.15) is 10.4 Å². The van der Waals surface area contributed by atoms with E-state index in [0.717, 1.165) is 6.07 Å². The van der Waals surface area contributed by atoms with Crippen LogP contribution >= 0.6 is 0 Å². The Morgan fingerprint density at radius 1 is 1.41 bits per heavy atom. The van der Waals surface area contributed by atoms with E-state index in [1.165, 1.54) is 19.2 Å². The summed E-state index contributed by atoms with van der Waals surface area (Å²) in [5, 5.41) is 29.8. The average molecular weight is 241 g/mol. The van der Waals surface area contributed by atoms with E-state index >= 15 is 0 Å². The number of carbonyl (C=O) groups is 1. The van der Waals surface area contributed by atoms with Crippen LogP contribution in [-0.2, 0) is 4.74 Å². The molecule has 4 N–H and O–H groups in total. The number of phenolic OH excluding ortho intramolecular Hbond substituents is 2. The first-order valence-corrected chi connectivity index (χ1v) is 5.01. The number of rotatable bonds is 5. The molecule has 94 valence electrons. The standard InChI is InChI=1S/C11H15NO5/c1-17-6-8(5-13)12-11(16)7-2-3-9(14)10(15)4-7/h2-4,8,13-15H,5-6H2,1H3,(H,12,16). The number of methoxy groups -OCH3 is 1. The van der Waals surface area contributed by atoms with Crippen molar-refractivity contribution in [1.29, 1.82) is 0 Å². The molecule has 0 aromatic heterocycles. The van der Waals surface area contributed by atoms with Gasteiger partial charge in [0, 0.05) is 12.7 Å². The van der Waals surface area contributed by atoms with Gasteiger partial charge in [0.2, 0.25) is 0 Å². The topological polar surface area (TPSA) is 99.0 Å². The van der Waals surface area contributed by atoms with Crippen LogP contribution in [-0.4, -0.2) is 47.6 Å². The first-order chi connectivity index (χ1) is 8.08. The molecule has 1 unspecified atom stereocenters. The number of amides is 1. The third-order valence-corrected chi connectivity index (χ3v) is 2.16. The second-order valence-electron chi connectivity index (χ2n) is 3.51. The fourth-order valence-electron chi connectivity index (χ4n) is 1.27. The van der Waals surface area contributed by atoms with Crippen molar-refractivity contribution in [3.05, 3.63) is 23.8 Å². The summed E-state index contributed by atoms with van der Waals surface area (Å²) in [6.45, 7) is -0.0596. The summed E-state index contributed by atoms with van der Waals surface area (Å²) in [6, 6.07) is 3.22. The molecule has 0 fully saturated rings. The molecular weight excluding hydrogens is 226 g/mol.